The summed E-state index contributed by atoms with van der Waals surface area (Å²) in [7, 11) is 0. The van der Waals surface area contributed by atoms with Gasteiger partial charge in [-0.15, -0.1) is 0 Å². The van der Waals surface area contributed by atoms with Crippen molar-refractivity contribution >= 4 is 11.8 Å². The molecule has 27 heavy (non-hydrogen) atoms. The summed E-state index contributed by atoms with van der Waals surface area (Å²) in [6, 6.07) is 15.0. The van der Waals surface area contributed by atoms with Crippen LogP contribution in [0.3, 0.4) is 0 Å². The van der Waals surface area contributed by atoms with Crippen molar-refractivity contribution < 1.29 is 14.3 Å². The second-order valence-electron chi connectivity index (χ2n) is 6.60. The number of carbonyl (C=O) groups is 2. The summed E-state index contributed by atoms with van der Waals surface area (Å²) < 4.78 is 5.49. The van der Waals surface area contributed by atoms with E-state index in [2.05, 4.69) is 27.8 Å². The zero-order valence-corrected chi connectivity index (χ0v) is 15.3. The number of amides is 2. The maximum absolute atomic E-state index is 12.3. The van der Waals surface area contributed by atoms with E-state index in [-0.39, 0.29) is 29.3 Å². The van der Waals surface area contributed by atoms with Crippen LogP contribution in [0.5, 0.6) is 0 Å². The summed E-state index contributed by atoms with van der Waals surface area (Å²) >= 11 is 0. The van der Waals surface area contributed by atoms with E-state index in [0.29, 0.717) is 13.1 Å². The quantitative estimate of drug-likeness (QED) is 0.702. The molecular weight excluding hydrogens is 342 g/mol. The van der Waals surface area contributed by atoms with Gasteiger partial charge in [0.1, 0.15) is 11.4 Å². The molecule has 1 fully saturated rings. The molecule has 2 amide bonds. The number of rotatable bonds is 8. The third-order valence-electron chi connectivity index (χ3n) is 4.50. The van der Waals surface area contributed by atoms with Crippen molar-refractivity contribution in [2.24, 2.45) is 0 Å². The topological polar surface area (TPSA) is 80.3 Å². The molecule has 1 atom stereocenters. The zero-order chi connectivity index (χ0) is 18.9. The summed E-state index contributed by atoms with van der Waals surface area (Å²) in [6.07, 6.45) is 3.81. The molecule has 1 unspecified atom stereocenters. The fourth-order valence-electron chi connectivity index (χ4n) is 3.02. The van der Waals surface area contributed by atoms with Gasteiger partial charge in [0.15, 0.2) is 0 Å². The summed E-state index contributed by atoms with van der Waals surface area (Å²) in [6.45, 7) is 1.78. The van der Waals surface area contributed by atoms with Crippen LogP contribution >= 0.6 is 0 Å². The predicted octanol–water partition coefficient (Wildman–Crippen LogP) is 2.35. The standard InChI is InChI=1S/C21H25N3O3/c25-20(22-13-5-9-16-7-2-1-3-8-16)18-11-4-12-19(24-18)21(26)23-15-17-10-6-14-27-17/h1-4,7-8,11-12,17H,5-6,9-10,13-15H2,(H,22,25)(H,23,26). The van der Waals surface area contributed by atoms with Gasteiger partial charge in [-0.1, -0.05) is 36.4 Å². The maximum atomic E-state index is 12.3. The van der Waals surface area contributed by atoms with Gasteiger partial charge >= 0.3 is 0 Å². The first-order valence-electron chi connectivity index (χ1n) is 9.41. The van der Waals surface area contributed by atoms with E-state index in [4.69, 9.17) is 4.74 Å². The lowest BCUT2D eigenvalue weighted by Gasteiger charge is -2.11. The fraction of sp³-hybridized carbons (Fsp3) is 0.381. The monoisotopic (exact) mass is 367 g/mol. The highest BCUT2D eigenvalue weighted by Crippen LogP contribution is 2.11. The number of aryl methyl sites for hydroxylation is 1. The van der Waals surface area contributed by atoms with E-state index in [1.54, 1.807) is 18.2 Å². The Kier molecular flexibility index (Phi) is 6.93. The average molecular weight is 367 g/mol. The zero-order valence-electron chi connectivity index (χ0n) is 15.3. The number of nitrogens with one attached hydrogen (secondary N) is 2. The Bertz CT molecular complexity index is 758. The molecule has 0 spiro atoms. The number of nitrogens with zero attached hydrogens (tertiary/aromatic N) is 1. The van der Waals surface area contributed by atoms with Gasteiger partial charge in [-0.2, -0.15) is 0 Å². The molecule has 0 aliphatic carbocycles. The van der Waals surface area contributed by atoms with E-state index in [1.165, 1.54) is 5.56 Å². The number of carbonyl (C=O) groups excluding carboxylic acids is 2. The molecule has 1 aliphatic heterocycles. The third-order valence-corrected chi connectivity index (χ3v) is 4.50. The van der Waals surface area contributed by atoms with Gasteiger partial charge in [-0.05, 0) is 43.4 Å². The summed E-state index contributed by atoms with van der Waals surface area (Å²) in [5.41, 5.74) is 1.74. The van der Waals surface area contributed by atoms with Crippen LogP contribution in [0.2, 0.25) is 0 Å². The minimum absolute atomic E-state index is 0.0741. The lowest BCUT2D eigenvalue weighted by atomic mass is 10.1. The smallest absolute Gasteiger partial charge is 0.269 e. The minimum Gasteiger partial charge on any atom is -0.376 e. The highest BCUT2D eigenvalue weighted by molar-refractivity contribution is 5.96. The molecule has 1 aliphatic rings. The second-order valence-corrected chi connectivity index (χ2v) is 6.60. The van der Waals surface area contributed by atoms with Crippen LogP contribution in [0, 0.1) is 0 Å². The number of ether oxygens (including phenoxy) is 1. The van der Waals surface area contributed by atoms with Crippen molar-refractivity contribution in [1.82, 2.24) is 15.6 Å². The lowest BCUT2D eigenvalue weighted by molar-refractivity contribution is 0.0853. The van der Waals surface area contributed by atoms with Gasteiger partial charge in [0.25, 0.3) is 11.8 Å². The van der Waals surface area contributed by atoms with Crippen LogP contribution in [0.25, 0.3) is 0 Å². The molecule has 2 aromatic rings. The van der Waals surface area contributed by atoms with Crippen LogP contribution in [0.4, 0.5) is 0 Å². The van der Waals surface area contributed by atoms with Gasteiger partial charge in [0.05, 0.1) is 6.10 Å². The summed E-state index contributed by atoms with van der Waals surface area (Å²) in [5, 5.41) is 5.68. The minimum atomic E-state index is -0.288. The van der Waals surface area contributed by atoms with Crippen LogP contribution in [0.1, 0.15) is 45.8 Å². The van der Waals surface area contributed by atoms with Crippen LogP contribution < -0.4 is 10.6 Å². The third kappa shape index (κ3) is 5.89. The normalized spacial score (nSPS) is 16.1. The van der Waals surface area contributed by atoms with E-state index in [0.717, 1.165) is 32.3 Å². The first kappa shape index (κ1) is 19.0. The summed E-state index contributed by atoms with van der Waals surface area (Å²) in [4.78, 5) is 28.7. The number of hydrogen-bond acceptors (Lipinski definition) is 4. The van der Waals surface area contributed by atoms with Crippen LogP contribution in [-0.4, -0.2) is 42.6 Å². The largest absolute Gasteiger partial charge is 0.376 e. The number of benzene rings is 1. The Balaban J connectivity index is 1.45. The maximum Gasteiger partial charge on any atom is 0.269 e. The molecule has 2 N–H and O–H groups in total. The molecule has 142 valence electrons. The van der Waals surface area contributed by atoms with E-state index in [9.17, 15) is 9.59 Å². The van der Waals surface area contributed by atoms with Crippen molar-refractivity contribution in [1.29, 1.82) is 0 Å². The van der Waals surface area contributed by atoms with Crippen molar-refractivity contribution in [3.63, 3.8) is 0 Å². The van der Waals surface area contributed by atoms with Gasteiger partial charge in [-0.25, -0.2) is 4.98 Å². The predicted molar refractivity (Wildman–Crippen MR) is 103 cm³/mol. The number of pyridine rings is 1. The molecule has 0 radical (unpaired) electrons. The highest BCUT2D eigenvalue weighted by atomic mass is 16.5. The Morgan fingerprint density at radius 2 is 1.74 bits per heavy atom. The molecule has 6 nitrogen and oxygen atoms in total. The molecule has 2 heterocycles. The van der Waals surface area contributed by atoms with Crippen molar-refractivity contribution in [2.75, 3.05) is 19.7 Å². The molecule has 0 saturated carbocycles. The SMILES string of the molecule is O=C(NCCCc1ccccc1)c1cccc(C(=O)NCC2CCCO2)n1. The van der Waals surface area contributed by atoms with Crippen molar-refractivity contribution in [2.45, 2.75) is 31.8 Å². The molecule has 0 bridgehead atoms. The van der Waals surface area contributed by atoms with Crippen molar-refractivity contribution in [3.05, 3.63) is 65.5 Å². The van der Waals surface area contributed by atoms with Crippen molar-refractivity contribution in [3.8, 4) is 0 Å². The van der Waals surface area contributed by atoms with Crippen LogP contribution in [0.15, 0.2) is 48.5 Å². The summed E-state index contributed by atoms with van der Waals surface area (Å²) in [5.74, 6) is -0.555. The van der Waals surface area contributed by atoms with E-state index < -0.39 is 0 Å². The van der Waals surface area contributed by atoms with Gasteiger partial charge < -0.3 is 15.4 Å². The second kappa shape index (κ2) is 9.83. The fourth-order valence-corrected chi connectivity index (χ4v) is 3.02. The Morgan fingerprint density at radius 3 is 2.44 bits per heavy atom. The van der Waals surface area contributed by atoms with Gasteiger partial charge in [0, 0.05) is 19.7 Å². The average Bonchev–Trinajstić information content (AvgIpc) is 3.24. The first-order chi connectivity index (χ1) is 13.2. The van der Waals surface area contributed by atoms with Crippen LogP contribution in [-0.2, 0) is 11.2 Å². The molecule has 1 saturated heterocycles. The van der Waals surface area contributed by atoms with E-state index in [1.807, 2.05) is 18.2 Å². The molecule has 1 aromatic heterocycles. The Morgan fingerprint density at radius 1 is 1.00 bits per heavy atom. The molecule has 1 aromatic carbocycles. The molecule has 3 rings (SSSR count). The first-order valence-corrected chi connectivity index (χ1v) is 9.41. The molecule has 6 heteroatoms. The highest BCUT2D eigenvalue weighted by Gasteiger charge is 2.17. The Labute approximate surface area is 159 Å². The number of aromatic nitrogens is 1. The molecular formula is C21H25N3O3. The van der Waals surface area contributed by atoms with E-state index >= 15 is 0 Å². The Hall–Kier alpha value is -2.73. The lowest BCUT2D eigenvalue weighted by Crippen LogP contribution is -2.33. The van der Waals surface area contributed by atoms with Gasteiger partial charge in [-0.3, -0.25) is 9.59 Å². The van der Waals surface area contributed by atoms with Gasteiger partial charge in [0.2, 0.25) is 0 Å². The number of hydrogen-bond donors (Lipinski definition) is 2.